The number of hydrogen-bond acceptors (Lipinski definition) is 8. The molecule has 0 aliphatic carbocycles. The van der Waals surface area contributed by atoms with E-state index < -0.39 is 0 Å². The summed E-state index contributed by atoms with van der Waals surface area (Å²) in [7, 11) is 0. The summed E-state index contributed by atoms with van der Waals surface area (Å²) in [6.07, 6.45) is 0. The molecule has 0 unspecified atom stereocenters. The molecule has 4 aromatic carbocycles. The van der Waals surface area contributed by atoms with Crippen molar-refractivity contribution in [1.29, 1.82) is 0 Å². The van der Waals surface area contributed by atoms with Gasteiger partial charge in [0.2, 0.25) is 0 Å². The van der Waals surface area contributed by atoms with Gasteiger partial charge in [-0.2, -0.15) is 0 Å². The normalized spacial score (nSPS) is 11.5. The first-order valence-electron chi connectivity index (χ1n) is 13.6. The Morgan fingerprint density at radius 2 is 0.886 bits per heavy atom. The molecule has 10 nitrogen and oxygen atoms in total. The number of carbonyl (C=O) groups is 1. The van der Waals surface area contributed by atoms with Crippen LogP contribution in [0.5, 0.6) is 5.75 Å². The van der Waals surface area contributed by atoms with Crippen molar-refractivity contribution >= 4 is 50.6 Å². The van der Waals surface area contributed by atoms with Gasteiger partial charge in [0.15, 0.2) is 23.3 Å². The number of H-pyrrole nitrogens is 2. The molecule has 212 valence electrons. The van der Waals surface area contributed by atoms with E-state index in [0.717, 1.165) is 33.0 Å². The SMILES string of the molecule is O=COc1cccc2c3nc4nc(nc5[nH]c(nc6nc(nc([nH]3)c12)-c1ccccc1-6)c1ccccc51)-c1ccccc1-4.[Ni]. The molecule has 0 saturated heterocycles. The van der Waals surface area contributed by atoms with Crippen molar-refractivity contribution in [2.45, 2.75) is 0 Å². The number of aromatic nitrogens is 8. The first-order valence-corrected chi connectivity index (χ1v) is 13.6. The molecule has 2 aliphatic rings. The monoisotopic (exact) mass is 616 g/mol. The van der Waals surface area contributed by atoms with E-state index in [2.05, 4.69) is 9.97 Å². The number of rotatable bonds is 2. The van der Waals surface area contributed by atoms with Crippen molar-refractivity contribution < 1.29 is 26.0 Å². The molecule has 0 saturated carbocycles. The van der Waals surface area contributed by atoms with Crippen molar-refractivity contribution in [3.05, 3.63) is 91.0 Å². The quantitative estimate of drug-likeness (QED) is 0.168. The number of hydrogen-bond donors (Lipinski definition) is 2. The van der Waals surface area contributed by atoms with E-state index >= 15 is 0 Å². The summed E-state index contributed by atoms with van der Waals surface area (Å²) in [6, 6.07) is 29.1. The maximum absolute atomic E-state index is 11.4. The number of fused-ring (bicyclic) bond motifs is 20. The molecule has 9 rings (SSSR count). The minimum absolute atomic E-state index is 0. The average molecular weight is 617 g/mol. The Morgan fingerprint density at radius 1 is 0.477 bits per heavy atom. The second-order valence-corrected chi connectivity index (χ2v) is 10.1. The van der Waals surface area contributed by atoms with E-state index in [4.69, 9.17) is 34.6 Å². The molecule has 3 aromatic heterocycles. The molecular weight excluding hydrogens is 599 g/mol. The van der Waals surface area contributed by atoms with Crippen LogP contribution in [0.15, 0.2) is 91.0 Å². The van der Waals surface area contributed by atoms with Crippen LogP contribution in [0.2, 0.25) is 0 Å². The topological polar surface area (TPSA) is 135 Å². The summed E-state index contributed by atoms with van der Waals surface area (Å²) in [5.74, 6) is 2.37. The Morgan fingerprint density at radius 3 is 1.39 bits per heavy atom. The molecule has 2 aliphatic heterocycles. The van der Waals surface area contributed by atoms with Crippen LogP contribution in [-0.4, -0.2) is 46.3 Å². The van der Waals surface area contributed by atoms with Crippen molar-refractivity contribution in [2.24, 2.45) is 0 Å². The van der Waals surface area contributed by atoms with Crippen molar-refractivity contribution in [1.82, 2.24) is 39.9 Å². The molecule has 0 atom stereocenters. The van der Waals surface area contributed by atoms with E-state index in [-0.39, 0.29) is 16.5 Å². The van der Waals surface area contributed by atoms with Crippen LogP contribution in [-0.2, 0) is 21.3 Å². The second-order valence-electron chi connectivity index (χ2n) is 10.1. The minimum Gasteiger partial charge on any atom is -0.428 e. The zero-order chi connectivity index (χ0) is 28.5. The smallest absolute Gasteiger partial charge is 0.298 e. The molecule has 0 amide bonds. The maximum Gasteiger partial charge on any atom is 0.298 e. The Labute approximate surface area is 258 Å². The van der Waals surface area contributed by atoms with Crippen LogP contribution in [0.3, 0.4) is 0 Å². The van der Waals surface area contributed by atoms with Crippen molar-refractivity contribution in [3.63, 3.8) is 0 Å². The van der Waals surface area contributed by atoms with Gasteiger partial charge in [0, 0.05) is 54.9 Å². The Kier molecular flexibility index (Phi) is 5.82. The van der Waals surface area contributed by atoms with Crippen molar-refractivity contribution in [3.8, 4) is 51.3 Å². The first kappa shape index (κ1) is 25.9. The van der Waals surface area contributed by atoms with Crippen LogP contribution in [0, 0.1) is 0 Å². The van der Waals surface area contributed by atoms with Gasteiger partial charge in [0.05, 0.1) is 5.39 Å². The summed E-state index contributed by atoms with van der Waals surface area (Å²) in [5.41, 5.74) is 5.62. The number of aromatic amines is 2. The van der Waals surface area contributed by atoms with Gasteiger partial charge in [0.25, 0.3) is 6.47 Å². The van der Waals surface area contributed by atoms with Gasteiger partial charge in [-0.25, -0.2) is 29.9 Å². The Hall–Kier alpha value is -5.80. The van der Waals surface area contributed by atoms with Crippen LogP contribution < -0.4 is 4.74 Å². The number of nitrogens with zero attached hydrogens (tertiary/aromatic N) is 6. The van der Waals surface area contributed by atoms with Gasteiger partial charge in [-0.05, 0) is 6.07 Å². The van der Waals surface area contributed by atoms with E-state index in [9.17, 15) is 4.79 Å². The zero-order valence-corrected chi connectivity index (χ0v) is 23.5. The summed E-state index contributed by atoms with van der Waals surface area (Å²) >= 11 is 0. The second kappa shape index (κ2) is 9.89. The van der Waals surface area contributed by atoms with Gasteiger partial charge in [-0.15, -0.1) is 0 Å². The molecule has 2 N–H and O–H groups in total. The van der Waals surface area contributed by atoms with Gasteiger partial charge in [-0.1, -0.05) is 84.9 Å². The molecule has 44 heavy (non-hydrogen) atoms. The van der Waals surface area contributed by atoms with Gasteiger partial charge < -0.3 is 14.7 Å². The first-order chi connectivity index (χ1) is 21.2. The molecule has 0 spiro atoms. The number of benzene rings is 4. The largest absolute Gasteiger partial charge is 0.428 e. The number of carbonyl (C=O) groups excluding carboxylic acids is 1. The van der Waals surface area contributed by atoms with E-state index in [1.807, 2.05) is 78.9 Å². The predicted molar refractivity (Wildman–Crippen MR) is 163 cm³/mol. The Bertz CT molecular complexity index is 2480. The third-order valence-electron chi connectivity index (χ3n) is 7.72. The molecule has 0 radical (unpaired) electrons. The fraction of sp³-hybridized carbons (Fsp3) is 0. The van der Waals surface area contributed by atoms with Crippen molar-refractivity contribution in [2.75, 3.05) is 0 Å². The molecule has 11 heteroatoms. The maximum atomic E-state index is 11.4. The van der Waals surface area contributed by atoms with Gasteiger partial charge in [-0.3, -0.25) is 4.79 Å². The zero-order valence-electron chi connectivity index (χ0n) is 22.6. The van der Waals surface area contributed by atoms with Crippen LogP contribution in [0.25, 0.3) is 89.7 Å². The Balaban J connectivity index is 0.00000289. The van der Waals surface area contributed by atoms with Crippen LogP contribution in [0.1, 0.15) is 0 Å². The van der Waals surface area contributed by atoms with Crippen LogP contribution >= 0.6 is 0 Å². The van der Waals surface area contributed by atoms with Crippen LogP contribution in [0.4, 0.5) is 0 Å². The molecule has 5 heterocycles. The molecule has 8 bridgehead atoms. The average Bonchev–Trinajstić information content (AvgIpc) is 3.77. The fourth-order valence-corrected chi connectivity index (χ4v) is 5.81. The van der Waals surface area contributed by atoms with E-state index in [1.54, 1.807) is 12.1 Å². The standard InChI is InChI=1S/C33H18N8O2.Ni/c42-16-43-24-15-7-14-23-25(24)33-40-31-22-13-6-5-12-21(22)29(38-31)36-27-18-9-2-1-8-17(18)26(34-27)35-28-19-10-3-4-11-20(19)30(37-28)39-32(23)41-33;/h1-16H,(H2,34,35,36,37,38,39,40,41);. The summed E-state index contributed by atoms with van der Waals surface area (Å²) in [4.78, 5) is 47.9. The number of ether oxygens (including phenoxy) is 1. The molecule has 0 fully saturated rings. The van der Waals surface area contributed by atoms with Gasteiger partial charge >= 0.3 is 0 Å². The third-order valence-corrected chi connectivity index (χ3v) is 7.72. The summed E-state index contributed by atoms with van der Waals surface area (Å²) in [6.45, 7) is 0.403. The molecular formula is C33H18N8NiO2. The summed E-state index contributed by atoms with van der Waals surface area (Å²) < 4.78 is 5.37. The predicted octanol–water partition coefficient (Wildman–Crippen LogP) is 6.40. The van der Waals surface area contributed by atoms with Gasteiger partial charge in [0.1, 0.15) is 28.3 Å². The third kappa shape index (κ3) is 3.83. The summed E-state index contributed by atoms with van der Waals surface area (Å²) in [5, 5.41) is 3.14. The van der Waals surface area contributed by atoms with E-state index in [1.165, 1.54) is 0 Å². The minimum atomic E-state index is 0. The van der Waals surface area contributed by atoms with E-state index in [0.29, 0.717) is 68.9 Å². The fourth-order valence-electron chi connectivity index (χ4n) is 5.81. The number of nitrogens with one attached hydrogen (secondary N) is 2. The molecule has 7 aromatic rings.